The summed E-state index contributed by atoms with van der Waals surface area (Å²) >= 11 is 7.45. The fourth-order valence-corrected chi connectivity index (χ4v) is 4.30. The number of carbonyl (C=O) groups excluding carboxylic acids is 1. The minimum absolute atomic E-state index is 0.0122. The molecule has 3 aromatic rings. The summed E-state index contributed by atoms with van der Waals surface area (Å²) in [6, 6.07) is 7.57. The zero-order chi connectivity index (χ0) is 20.2. The van der Waals surface area contributed by atoms with Crippen LogP contribution in [-0.4, -0.2) is 38.8 Å². The number of hydrogen-bond donors (Lipinski definition) is 2. The predicted octanol–water partition coefficient (Wildman–Crippen LogP) is 4.00. The number of amides is 1. The molecule has 9 heteroatoms. The Bertz CT molecular complexity index is 979. The van der Waals surface area contributed by atoms with Crippen molar-refractivity contribution in [3.8, 4) is 11.1 Å². The van der Waals surface area contributed by atoms with Crippen LogP contribution in [0.1, 0.15) is 31.0 Å². The highest BCUT2D eigenvalue weighted by Gasteiger charge is 2.29. The molecule has 3 N–H and O–H groups in total. The second-order valence-electron chi connectivity index (χ2n) is 6.90. The first kappa shape index (κ1) is 19.8. The van der Waals surface area contributed by atoms with Gasteiger partial charge >= 0.3 is 0 Å². The number of likely N-dealkylation sites (tertiary alicyclic amines) is 1. The predicted molar refractivity (Wildman–Crippen MR) is 116 cm³/mol. The van der Waals surface area contributed by atoms with Crippen LogP contribution < -0.4 is 11.1 Å². The Kier molecular flexibility index (Phi) is 6.03. The van der Waals surface area contributed by atoms with Gasteiger partial charge in [-0.3, -0.25) is 9.69 Å². The SMILES string of the molecule is Nc1ncc(-c2ccc(Cl)cc2)c([C@@H]2CCCCN2CC(=O)Nc2nccs2)n1. The lowest BCUT2D eigenvalue weighted by molar-refractivity contribution is -0.118. The molecular weight excluding hydrogens is 408 g/mol. The van der Waals surface area contributed by atoms with Gasteiger partial charge in [0.25, 0.3) is 0 Å². The van der Waals surface area contributed by atoms with Gasteiger partial charge in [0.2, 0.25) is 11.9 Å². The number of nitrogens with one attached hydrogen (secondary N) is 1. The largest absolute Gasteiger partial charge is 0.368 e. The summed E-state index contributed by atoms with van der Waals surface area (Å²) in [4.78, 5) is 27.6. The number of piperidine rings is 1. The van der Waals surface area contributed by atoms with Crippen LogP contribution in [0.3, 0.4) is 0 Å². The molecule has 0 aliphatic carbocycles. The molecule has 1 aliphatic rings. The molecule has 4 rings (SSSR count). The van der Waals surface area contributed by atoms with Gasteiger partial charge in [0.1, 0.15) is 0 Å². The molecule has 3 heterocycles. The Balaban J connectivity index is 1.61. The molecule has 0 saturated carbocycles. The number of anilines is 2. The van der Waals surface area contributed by atoms with Crippen LogP contribution in [0, 0.1) is 0 Å². The van der Waals surface area contributed by atoms with Crippen molar-refractivity contribution in [1.82, 2.24) is 19.9 Å². The molecule has 0 unspecified atom stereocenters. The van der Waals surface area contributed by atoms with Gasteiger partial charge in [0.05, 0.1) is 18.3 Å². The van der Waals surface area contributed by atoms with Crippen LogP contribution in [0.15, 0.2) is 42.0 Å². The molecular formula is C20H21ClN6OS. The van der Waals surface area contributed by atoms with Gasteiger partial charge in [-0.05, 0) is 37.1 Å². The highest BCUT2D eigenvalue weighted by Crippen LogP contribution is 2.36. The van der Waals surface area contributed by atoms with Gasteiger partial charge in [0, 0.05) is 28.4 Å². The number of carbonyl (C=O) groups is 1. The standard InChI is InChI=1S/C20H21ClN6OS/c21-14-6-4-13(5-7-14)15-11-24-19(22)26-18(15)16-3-1-2-9-27(16)12-17(28)25-20-23-8-10-29-20/h4-8,10-11,16H,1-3,9,12H2,(H2,22,24,26)(H,23,25,28)/t16-/m0/s1. The molecule has 0 spiro atoms. The summed E-state index contributed by atoms with van der Waals surface area (Å²) in [6.07, 6.45) is 6.44. The van der Waals surface area contributed by atoms with Crippen LogP contribution in [-0.2, 0) is 4.79 Å². The molecule has 150 valence electrons. The average Bonchev–Trinajstić information content (AvgIpc) is 3.22. The van der Waals surface area contributed by atoms with E-state index < -0.39 is 0 Å². The molecule has 1 amide bonds. The lowest BCUT2D eigenvalue weighted by Gasteiger charge is -2.35. The fraction of sp³-hybridized carbons (Fsp3) is 0.300. The third-order valence-electron chi connectivity index (χ3n) is 4.95. The van der Waals surface area contributed by atoms with Gasteiger partial charge in [-0.25, -0.2) is 15.0 Å². The Morgan fingerprint density at radius 3 is 2.86 bits per heavy atom. The lowest BCUT2D eigenvalue weighted by Crippen LogP contribution is -2.39. The molecule has 1 saturated heterocycles. The third kappa shape index (κ3) is 4.72. The first-order valence-corrected chi connectivity index (χ1v) is 10.7. The van der Waals surface area contributed by atoms with E-state index in [-0.39, 0.29) is 24.4 Å². The average molecular weight is 429 g/mol. The van der Waals surface area contributed by atoms with E-state index in [0.717, 1.165) is 42.6 Å². The molecule has 1 fully saturated rings. The summed E-state index contributed by atoms with van der Waals surface area (Å²) in [6.45, 7) is 1.09. The highest BCUT2D eigenvalue weighted by atomic mass is 35.5. The zero-order valence-electron chi connectivity index (χ0n) is 15.7. The highest BCUT2D eigenvalue weighted by molar-refractivity contribution is 7.13. The number of nitrogens with zero attached hydrogens (tertiary/aromatic N) is 4. The van der Waals surface area contributed by atoms with E-state index in [9.17, 15) is 4.79 Å². The minimum Gasteiger partial charge on any atom is -0.368 e. The molecule has 29 heavy (non-hydrogen) atoms. The van der Waals surface area contributed by atoms with Crippen molar-refractivity contribution in [1.29, 1.82) is 0 Å². The fourth-order valence-electron chi connectivity index (χ4n) is 3.63. The van der Waals surface area contributed by atoms with Gasteiger partial charge in [-0.15, -0.1) is 11.3 Å². The molecule has 1 aromatic carbocycles. The van der Waals surface area contributed by atoms with Crippen molar-refractivity contribution >= 4 is 39.9 Å². The van der Waals surface area contributed by atoms with Gasteiger partial charge in [0.15, 0.2) is 5.13 Å². The first-order chi connectivity index (χ1) is 14.1. The van der Waals surface area contributed by atoms with E-state index in [4.69, 9.17) is 17.3 Å². The van der Waals surface area contributed by atoms with Gasteiger partial charge in [-0.2, -0.15) is 0 Å². The van der Waals surface area contributed by atoms with Gasteiger partial charge in [-0.1, -0.05) is 30.2 Å². The van der Waals surface area contributed by atoms with Crippen LogP contribution in [0.5, 0.6) is 0 Å². The number of nitrogens with two attached hydrogens (primary N) is 1. The number of aromatic nitrogens is 3. The number of hydrogen-bond acceptors (Lipinski definition) is 7. The monoisotopic (exact) mass is 428 g/mol. The topological polar surface area (TPSA) is 97.0 Å². The second-order valence-corrected chi connectivity index (χ2v) is 8.23. The molecule has 7 nitrogen and oxygen atoms in total. The number of nitrogen functional groups attached to an aromatic ring is 1. The number of rotatable bonds is 5. The quantitative estimate of drug-likeness (QED) is 0.637. The van der Waals surface area contributed by atoms with E-state index in [0.29, 0.717) is 10.2 Å². The van der Waals surface area contributed by atoms with Crippen LogP contribution in [0.4, 0.5) is 11.1 Å². The Labute approximate surface area is 178 Å². The molecule has 0 radical (unpaired) electrons. The van der Waals surface area contributed by atoms with Crippen LogP contribution in [0.2, 0.25) is 5.02 Å². The van der Waals surface area contributed by atoms with Crippen molar-refractivity contribution in [2.45, 2.75) is 25.3 Å². The molecule has 0 bridgehead atoms. The second kappa shape index (κ2) is 8.86. The Hall–Kier alpha value is -2.55. The Morgan fingerprint density at radius 1 is 1.28 bits per heavy atom. The maximum atomic E-state index is 12.6. The van der Waals surface area contributed by atoms with E-state index in [1.165, 1.54) is 11.3 Å². The van der Waals surface area contributed by atoms with Crippen molar-refractivity contribution in [2.75, 3.05) is 24.1 Å². The third-order valence-corrected chi connectivity index (χ3v) is 5.89. The normalized spacial score (nSPS) is 17.2. The van der Waals surface area contributed by atoms with Crippen molar-refractivity contribution < 1.29 is 4.79 Å². The summed E-state index contributed by atoms with van der Waals surface area (Å²) in [7, 11) is 0. The van der Waals surface area contributed by atoms with Crippen molar-refractivity contribution in [2.24, 2.45) is 0 Å². The van der Waals surface area contributed by atoms with Crippen molar-refractivity contribution in [3.05, 3.63) is 52.8 Å². The summed E-state index contributed by atoms with van der Waals surface area (Å²) in [5.74, 6) is 0.150. The van der Waals surface area contributed by atoms with E-state index in [1.54, 1.807) is 12.4 Å². The Morgan fingerprint density at radius 2 is 2.10 bits per heavy atom. The van der Waals surface area contributed by atoms with E-state index in [2.05, 4.69) is 25.2 Å². The van der Waals surface area contributed by atoms with Crippen LogP contribution >= 0.6 is 22.9 Å². The number of halogens is 1. The van der Waals surface area contributed by atoms with E-state index in [1.807, 2.05) is 29.6 Å². The number of thiazole rings is 1. The first-order valence-electron chi connectivity index (χ1n) is 9.42. The maximum Gasteiger partial charge on any atom is 0.240 e. The zero-order valence-corrected chi connectivity index (χ0v) is 17.3. The molecule has 1 atom stereocenters. The number of benzene rings is 1. The van der Waals surface area contributed by atoms with Crippen molar-refractivity contribution in [3.63, 3.8) is 0 Å². The van der Waals surface area contributed by atoms with E-state index >= 15 is 0 Å². The summed E-state index contributed by atoms with van der Waals surface area (Å²) in [5.41, 5.74) is 8.66. The molecule has 1 aliphatic heterocycles. The minimum atomic E-state index is -0.0816. The molecule has 2 aromatic heterocycles. The van der Waals surface area contributed by atoms with Gasteiger partial charge < -0.3 is 11.1 Å². The lowest BCUT2D eigenvalue weighted by atomic mass is 9.94. The summed E-state index contributed by atoms with van der Waals surface area (Å²) in [5, 5.41) is 5.97. The van der Waals surface area contributed by atoms with Crippen LogP contribution in [0.25, 0.3) is 11.1 Å². The smallest absolute Gasteiger partial charge is 0.240 e. The summed E-state index contributed by atoms with van der Waals surface area (Å²) < 4.78 is 0. The maximum absolute atomic E-state index is 12.6.